The van der Waals surface area contributed by atoms with E-state index < -0.39 is 0 Å². The average molecular weight is 214 g/mol. The standard InChI is InChI=1S/C14H18N2/c1-2-5-13-14-11(8-9-15-13)10-6-3-4-7-12(10)16-14/h3-4,6-7,11,14,16H,2,5,8-9H2,1H3. The molecular weight excluding hydrogens is 196 g/mol. The summed E-state index contributed by atoms with van der Waals surface area (Å²) in [5.41, 5.74) is 4.20. The van der Waals surface area contributed by atoms with E-state index in [1.807, 2.05) is 0 Å². The van der Waals surface area contributed by atoms with E-state index in [0.29, 0.717) is 12.0 Å². The molecule has 0 spiro atoms. The van der Waals surface area contributed by atoms with Crippen LogP contribution in [0.2, 0.25) is 0 Å². The Bertz CT molecular complexity index is 422. The third-order valence-electron chi connectivity index (χ3n) is 3.69. The first-order valence-electron chi connectivity index (χ1n) is 6.29. The SMILES string of the molecule is CCCC1=NCCC2c3ccccc3NC12. The topological polar surface area (TPSA) is 24.4 Å². The number of para-hydroxylation sites is 1. The van der Waals surface area contributed by atoms with E-state index in [-0.39, 0.29) is 0 Å². The predicted octanol–water partition coefficient (Wildman–Crippen LogP) is 3.21. The highest BCUT2D eigenvalue weighted by Crippen LogP contribution is 2.40. The van der Waals surface area contributed by atoms with Crippen LogP contribution >= 0.6 is 0 Å². The molecule has 2 heteroatoms. The summed E-state index contributed by atoms with van der Waals surface area (Å²) in [6.45, 7) is 3.24. The molecule has 2 heterocycles. The number of nitrogens with one attached hydrogen (secondary N) is 1. The van der Waals surface area contributed by atoms with Gasteiger partial charge in [-0.1, -0.05) is 31.5 Å². The van der Waals surface area contributed by atoms with Gasteiger partial charge in [0.25, 0.3) is 0 Å². The molecule has 0 fully saturated rings. The fourth-order valence-corrected chi connectivity index (χ4v) is 2.97. The van der Waals surface area contributed by atoms with Crippen LogP contribution < -0.4 is 5.32 Å². The number of rotatable bonds is 2. The molecule has 1 aromatic rings. The van der Waals surface area contributed by atoms with Gasteiger partial charge in [-0.05, 0) is 24.5 Å². The summed E-state index contributed by atoms with van der Waals surface area (Å²) in [6.07, 6.45) is 3.53. The summed E-state index contributed by atoms with van der Waals surface area (Å²) in [4.78, 5) is 4.70. The maximum Gasteiger partial charge on any atom is 0.0711 e. The zero-order valence-corrected chi connectivity index (χ0v) is 9.74. The maximum absolute atomic E-state index is 4.70. The van der Waals surface area contributed by atoms with Crippen LogP contribution in [0.15, 0.2) is 29.3 Å². The van der Waals surface area contributed by atoms with Crippen molar-refractivity contribution in [3.63, 3.8) is 0 Å². The highest BCUT2D eigenvalue weighted by atomic mass is 15.0. The monoisotopic (exact) mass is 214 g/mol. The fourth-order valence-electron chi connectivity index (χ4n) is 2.97. The molecule has 0 saturated carbocycles. The van der Waals surface area contributed by atoms with Gasteiger partial charge in [0.2, 0.25) is 0 Å². The molecule has 0 radical (unpaired) electrons. The largest absolute Gasteiger partial charge is 0.376 e. The number of anilines is 1. The van der Waals surface area contributed by atoms with Crippen LogP contribution in [-0.2, 0) is 0 Å². The number of nitrogens with zero attached hydrogens (tertiary/aromatic N) is 1. The summed E-state index contributed by atoms with van der Waals surface area (Å²) in [5.74, 6) is 0.662. The van der Waals surface area contributed by atoms with E-state index in [2.05, 4.69) is 36.5 Å². The maximum atomic E-state index is 4.70. The van der Waals surface area contributed by atoms with Gasteiger partial charge in [0.1, 0.15) is 0 Å². The molecule has 2 atom stereocenters. The van der Waals surface area contributed by atoms with Gasteiger partial charge >= 0.3 is 0 Å². The summed E-state index contributed by atoms with van der Waals surface area (Å²) in [7, 11) is 0. The number of aliphatic imine (C=N–C) groups is 1. The first kappa shape index (κ1) is 9.88. The van der Waals surface area contributed by atoms with Crippen LogP contribution in [0.1, 0.15) is 37.7 Å². The van der Waals surface area contributed by atoms with E-state index in [4.69, 9.17) is 4.99 Å². The zero-order valence-electron chi connectivity index (χ0n) is 9.74. The Morgan fingerprint density at radius 3 is 3.12 bits per heavy atom. The van der Waals surface area contributed by atoms with E-state index >= 15 is 0 Å². The zero-order chi connectivity index (χ0) is 11.0. The predicted molar refractivity (Wildman–Crippen MR) is 68.4 cm³/mol. The van der Waals surface area contributed by atoms with Gasteiger partial charge in [-0.15, -0.1) is 0 Å². The molecule has 84 valence electrons. The first-order chi connectivity index (χ1) is 7.90. The normalized spacial score (nSPS) is 26.7. The van der Waals surface area contributed by atoms with Crippen LogP contribution in [-0.4, -0.2) is 18.3 Å². The lowest BCUT2D eigenvalue weighted by molar-refractivity contribution is 0.603. The number of hydrogen-bond acceptors (Lipinski definition) is 2. The Morgan fingerprint density at radius 2 is 2.25 bits per heavy atom. The summed E-state index contributed by atoms with van der Waals surface area (Å²) in [6, 6.07) is 9.19. The van der Waals surface area contributed by atoms with Crippen molar-refractivity contribution in [1.29, 1.82) is 0 Å². The Morgan fingerprint density at radius 1 is 1.38 bits per heavy atom. The van der Waals surface area contributed by atoms with Crippen molar-refractivity contribution in [3.05, 3.63) is 29.8 Å². The number of hydrogen-bond donors (Lipinski definition) is 1. The minimum Gasteiger partial charge on any atom is -0.376 e. The molecule has 0 saturated heterocycles. The smallest absolute Gasteiger partial charge is 0.0711 e. The Balaban J connectivity index is 1.93. The van der Waals surface area contributed by atoms with Crippen LogP contribution in [0, 0.1) is 0 Å². The van der Waals surface area contributed by atoms with Crippen LogP contribution in [0.5, 0.6) is 0 Å². The highest BCUT2D eigenvalue weighted by Gasteiger charge is 2.36. The van der Waals surface area contributed by atoms with Crippen molar-refractivity contribution in [2.75, 3.05) is 11.9 Å². The molecule has 0 amide bonds. The molecule has 3 rings (SSSR count). The molecule has 0 aromatic heterocycles. The third-order valence-corrected chi connectivity index (χ3v) is 3.69. The average Bonchev–Trinajstić information content (AvgIpc) is 2.69. The van der Waals surface area contributed by atoms with E-state index in [0.717, 1.165) is 13.0 Å². The van der Waals surface area contributed by atoms with Gasteiger partial charge in [-0.2, -0.15) is 0 Å². The summed E-state index contributed by atoms with van der Waals surface area (Å²) < 4.78 is 0. The minimum absolute atomic E-state index is 0.478. The molecule has 0 bridgehead atoms. The molecule has 0 aliphatic carbocycles. The molecule has 2 nitrogen and oxygen atoms in total. The van der Waals surface area contributed by atoms with Gasteiger partial charge in [0.15, 0.2) is 0 Å². The molecular formula is C14H18N2. The van der Waals surface area contributed by atoms with Gasteiger partial charge in [-0.25, -0.2) is 0 Å². The van der Waals surface area contributed by atoms with Crippen molar-refractivity contribution in [1.82, 2.24) is 0 Å². The molecule has 2 unspecified atom stereocenters. The lowest BCUT2D eigenvalue weighted by Crippen LogP contribution is -2.34. The molecule has 2 aliphatic heterocycles. The Hall–Kier alpha value is -1.31. The van der Waals surface area contributed by atoms with Crippen molar-refractivity contribution in [2.24, 2.45) is 4.99 Å². The lowest BCUT2D eigenvalue weighted by atomic mass is 9.86. The Kier molecular flexibility index (Phi) is 2.43. The van der Waals surface area contributed by atoms with Gasteiger partial charge < -0.3 is 5.32 Å². The van der Waals surface area contributed by atoms with E-state index in [1.165, 1.54) is 29.8 Å². The quantitative estimate of drug-likeness (QED) is 0.803. The van der Waals surface area contributed by atoms with Crippen molar-refractivity contribution in [2.45, 2.75) is 38.1 Å². The third kappa shape index (κ3) is 1.44. The van der Waals surface area contributed by atoms with E-state index in [1.54, 1.807) is 0 Å². The summed E-state index contributed by atoms with van der Waals surface area (Å²) >= 11 is 0. The number of benzene rings is 1. The second-order valence-electron chi connectivity index (χ2n) is 4.73. The fraction of sp³-hybridized carbons (Fsp3) is 0.500. The molecule has 2 aliphatic rings. The second-order valence-corrected chi connectivity index (χ2v) is 4.73. The van der Waals surface area contributed by atoms with Crippen LogP contribution in [0.25, 0.3) is 0 Å². The molecule has 1 aromatic carbocycles. The van der Waals surface area contributed by atoms with E-state index in [9.17, 15) is 0 Å². The van der Waals surface area contributed by atoms with Crippen molar-refractivity contribution in [3.8, 4) is 0 Å². The minimum atomic E-state index is 0.478. The van der Waals surface area contributed by atoms with Crippen molar-refractivity contribution < 1.29 is 0 Å². The summed E-state index contributed by atoms with van der Waals surface area (Å²) in [5, 5.41) is 3.64. The van der Waals surface area contributed by atoms with Gasteiger partial charge in [0, 0.05) is 23.9 Å². The first-order valence-corrected chi connectivity index (χ1v) is 6.29. The van der Waals surface area contributed by atoms with Gasteiger partial charge in [0.05, 0.1) is 6.04 Å². The van der Waals surface area contributed by atoms with Gasteiger partial charge in [-0.3, -0.25) is 4.99 Å². The van der Waals surface area contributed by atoms with Crippen LogP contribution in [0.4, 0.5) is 5.69 Å². The lowest BCUT2D eigenvalue weighted by Gasteiger charge is -2.26. The Labute approximate surface area is 96.8 Å². The second kappa shape index (κ2) is 3.93. The molecule has 16 heavy (non-hydrogen) atoms. The van der Waals surface area contributed by atoms with Crippen LogP contribution in [0.3, 0.4) is 0 Å². The number of fused-ring (bicyclic) bond motifs is 3. The molecule has 1 N–H and O–H groups in total. The highest BCUT2D eigenvalue weighted by molar-refractivity contribution is 5.95. The van der Waals surface area contributed by atoms with Crippen molar-refractivity contribution >= 4 is 11.4 Å².